The molecule has 2 heteroatoms. The number of nitrogens with one attached hydrogen (secondary N) is 1. The third-order valence-corrected chi connectivity index (χ3v) is 3.73. The molecule has 0 spiro atoms. The monoisotopic (exact) mass is 235 g/mol. The lowest BCUT2D eigenvalue weighted by Crippen LogP contribution is -2.22. The second kappa shape index (κ2) is 4.32. The quantitative estimate of drug-likeness (QED) is 0.802. The van der Waals surface area contributed by atoms with Crippen LogP contribution in [-0.4, -0.2) is 6.04 Å². The van der Waals surface area contributed by atoms with E-state index in [0.29, 0.717) is 17.4 Å². The Balaban J connectivity index is 2.11. The molecule has 0 aromatic heterocycles. The molecule has 1 nitrogen and oxygen atoms in total. The van der Waals surface area contributed by atoms with E-state index < -0.39 is 0 Å². The van der Waals surface area contributed by atoms with Gasteiger partial charge in [-0.15, -0.1) is 0 Å². The van der Waals surface area contributed by atoms with Crippen LogP contribution in [0.4, 0.5) is 10.1 Å². The van der Waals surface area contributed by atoms with E-state index in [1.165, 1.54) is 6.42 Å². The molecule has 2 atom stereocenters. The second-order valence-corrected chi connectivity index (χ2v) is 6.32. The predicted octanol–water partition coefficient (Wildman–Crippen LogP) is 4.37. The Morgan fingerprint density at radius 2 is 1.94 bits per heavy atom. The van der Waals surface area contributed by atoms with E-state index >= 15 is 0 Å². The highest BCUT2D eigenvalue weighted by Gasteiger charge is 2.36. The maximum atomic E-state index is 13.3. The summed E-state index contributed by atoms with van der Waals surface area (Å²) < 4.78 is 13.3. The van der Waals surface area contributed by atoms with Crippen molar-refractivity contribution in [3.8, 4) is 0 Å². The van der Waals surface area contributed by atoms with Gasteiger partial charge >= 0.3 is 0 Å². The van der Waals surface area contributed by atoms with Crippen molar-refractivity contribution in [1.29, 1.82) is 0 Å². The van der Waals surface area contributed by atoms with E-state index in [-0.39, 0.29) is 5.82 Å². The van der Waals surface area contributed by atoms with Crippen molar-refractivity contribution in [1.82, 2.24) is 0 Å². The molecule has 1 aliphatic carbocycles. The molecule has 1 aromatic rings. The number of halogens is 1. The Kier molecular flexibility index (Phi) is 3.15. The lowest BCUT2D eigenvalue weighted by Gasteiger charge is -2.20. The summed E-state index contributed by atoms with van der Waals surface area (Å²) in [5.74, 6) is 0.492. The maximum absolute atomic E-state index is 13.3. The molecule has 1 aromatic carbocycles. The summed E-state index contributed by atoms with van der Waals surface area (Å²) in [7, 11) is 0. The topological polar surface area (TPSA) is 12.0 Å². The van der Waals surface area contributed by atoms with E-state index in [1.807, 2.05) is 13.0 Å². The average Bonchev–Trinajstić information content (AvgIpc) is 2.37. The highest BCUT2D eigenvalue weighted by Crippen LogP contribution is 2.42. The summed E-state index contributed by atoms with van der Waals surface area (Å²) in [6, 6.07) is 5.63. The van der Waals surface area contributed by atoms with Crippen LogP contribution in [0.15, 0.2) is 18.2 Å². The van der Waals surface area contributed by atoms with Crippen LogP contribution >= 0.6 is 0 Å². The van der Waals surface area contributed by atoms with E-state index in [4.69, 9.17) is 0 Å². The third kappa shape index (κ3) is 2.99. The fraction of sp³-hybridized carbons (Fsp3) is 0.600. The van der Waals surface area contributed by atoms with Crippen LogP contribution in [0, 0.1) is 24.1 Å². The fourth-order valence-electron chi connectivity index (χ4n) is 3.12. The first-order chi connectivity index (χ1) is 7.85. The molecule has 1 saturated carbocycles. The molecule has 0 aliphatic heterocycles. The summed E-state index contributed by atoms with van der Waals surface area (Å²) in [4.78, 5) is 0. The van der Waals surface area contributed by atoms with E-state index in [1.54, 1.807) is 12.1 Å². The van der Waals surface area contributed by atoms with Gasteiger partial charge in [-0.05, 0) is 54.9 Å². The van der Waals surface area contributed by atoms with Gasteiger partial charge in [0.2, 0.25) is 0 Å². The highest BCUT2D eigenvalue weighted by molar-refractivity contribution is 5.47. The first-order valence-corrected chi connectivity index (χ1v) is 6.39. The van der Waals surface area contributed by atoms with Gasteiger partial charge in [0.15, 0.2) is 0 Å². The smallest absolute Gasteiger partial charge is 0.125 e. The van der Waals surface area contributed by atoms with Gasteiger partial charge in [0, 0.05) is 11.7 Å². The summed E-state index contributed by atoms with van der Waals surface area (Å²) in [6.07, 6.45) is 2.39. The summed E-state index contributed by atoms with van der Waals surface area (Å²) in [5, 5.41) is 3.49. The SMILES string of the molecule is Cc1cc(F)cc(NC2CC(C)(C)CC2C)c1. The minimum Gasteiger partial charge on any atom is -0.382 e. The van der Waals surface area contributed by atoms with Crippen molar-refractivity contribution in [2.24, 2.45) is 11.3 Å². The summed E-state index contributed by atoms with van der Waals surface area (Å²) in [5.41, 5.74) is 2.29. The first-order valence-electron chi connectivity index (χ1n) is 6.39. The number of aryl methyl sites for hydroxylation is 1. The van der Waals surface area contributed by atoms with Gasteiger partial charge < -0.3 is 5.32 Å². The Bertz CT molecular complexity index is 391. The van der Waals surface area contributed by atoms with Crippen LogP contribution in [0.25, 0.3) is 0 Å². The molecule has 2 rings (SSSR count). The molecule has 0 saturated heterocycles. The van der Waals surface area contributed by atoms with Crippen molar-refractivity contribution in [3.63, 3.8) is 0 Å². The van der Waals surface area contributed by atoms with Gasteiger partial charge in [-0.25, -0.2) is 4.39 Å². The van der Waals surface area contributed by atoms with Gasteiger partial charge in [-0.1, -0.05) is 20.8 Å². The molecule has 1 N–H and O–H groups in total. The first kappa shape index (κ1) is 12.4. The number of rotatable bonds is 2. The van der Waals surface area contributed by atoms with Crippen molar-refractivity contribution >= 4 is 5.69 Å². The van der Waals surface area contributed by atoms with E-state index in [0.717, 1.165) is 17.7 Å². The van der Waals surface area contributed by atoms with E-state index in [9.17, 15) is 4.39 Å². The fourth-order valence-corrected chi connectivity index (χ4v) is 3.12. The lowest BCUT2D eigenvalue weighted by molar-refractivity contribution is 0.366. The molecule has 0 heterocycles. The lowest BCUT2D eigenvalue weighted by atomic mass is 9.91. The van der Waals surface area contributed by atoms with Crippen LogP contribution < -0.4 is 5.32 Å². The van der Waals surface area contributed by atoms with Crippen LogP contribution in [-0.2, 0) is 0 Å². The van der Waals surface area contributed by atoms with Gasteiger partial charge in [-0.2, -0.15) is 0 Å². The third-order valence-electron chi connectivity index (χ3n) is 3.73. The van der Waals surface area contributed by atoms with Crippen LogP contribution in [0.3, 0.4) is 0 Å². The molecule has 1 fully saturated rings. The highest BCUT2D eigenvalue weighted by atomic mass is 19.1. The maximum Gasteiger partial charge on any atom is 0.125 e. The molecular weight excluding hydrogens is 213 g/mol. The molecule has 94 valence electrons. The Morgan fingerprint density at radius 1 is 1.24 bits per heavy atom. The van der Waals surface area contributed by atoms with Crippen molar-refractivity contribution in [3.05, 3.63) is 29.6 Å². The zero-order chi connectivity index (χ0) is 12.6. The number of anilines is 1. The van der Waals surface area contributed by atoms with Crippen molar-refractivity contribution in [2.75, 3.05) is 5.32 Å². The standard InChI is InChI=1S/C15H22FN/c1-10-5-12(16)7-13(6-10)17-14-9-15(3,4)8-11(14)2/h5-7,11,14,17H,8-9H2,1-4H3. The van der Waals surface area contributed by atoms with Crippen LogP contribution in [0.1, 0.15) is 39.2 Å². The zero-order valence-corrected chi connectivity index (χ0v) is 11.2. The number of benzene rings is 1. The van der Waals surface area contributed by atoms with Crippen LogP contribution in [0.2, 0.25) is 0 Å². The molecule has 0 radical (unpaired) electrons. The summed E-state index contributed by atoms with van der Waals surface area (Å²) in [6.45, 7) is 8.82. The molecule has 2 unspecified atom stereocenters. The Morgan fingerprint density at radius 3 is 2.47 bits per heavy atom. The Hall–Kier alpha value is -1.05. The largest absolute Gasteiger partial charge is 0.382 e. The molecule has 17 heavy (non-hydrogen) atoms. The number of hydrogen-bond donors (Lipinski definition) is 1. The van der Waals surface area contributed by atoms with Gasteiger partial charge in [-0.3, -0.25) is 0 Å². The van der Waals surface area contributed by atoms with Gasteiger partial charge in [0.1, 0.15) is 5.82 Å². The molecule has 0 bridgehead atoms. The zero-order valence-electron chi connectivity index (χ0n) is 11.2. The summed E-state index contributed by atoms with van der Waals surface area (Å²) >= 11 is 0. The van der Waals surface area contributed by atoms with E-state index in [2.05, 4.69) is 26.1 Å². The second-order valence-electron chi connectivity index (χ2n) is 6.32. The predicted molar refractivity (Wildman–Crippen MR) is 70.7 cm³/mol. The molecule has 0 amide bonds. The van der Waals surface area contributed by atoms with Crippen molar-refractivity contribution in [2.45, 2.75) is 46.6 Å². The Labute approximate surface area is 103 Å². The minimum atomic E-state index is -0.155. The normalized spacial score (nSPS) is 27.1. The van der Waals surface area contributed by atoms with Crippen molar-refractivity contribution < 1.29 is 4.39 Å². The van der Waals surface area contributed by atoms with Crippen LogP contribution in [0.5, 0.6) is 0 Å². The van der Waals surface area contributed by atoms with Gasteiger partial charge in [0.05, 0.1) is 0 Å². The van der Waals surface area contributed by atoms with Gasteiger partial charge in [0.25, 0.3) is 0 Å². The average molecular weight is 235 g/mol. The number of hydrogen-bond acceptors (Lipinski definition) is 1. The molecular formula is C15H22FN. The minimum absolute atomic E-state index is 0.155. The molecule has 1 aliphatic rings.